The molecule has 1 aromatic heterocycles. The molecule has 0 radical (unpaired) electrons. The number of alkyl halides is 3. The summed E-state index contributed by atoms with van der Waals surface area (Å²) < 4.78 is 52.2. The first kappa shape index (κ1) is 12.9. The van der Waals surface area contributed by atoms with Crippen molar-refractivity contribution < 1.29 is 23.9 Å². The van der Waals surface area contributed by atoms with Gasteiger partial charge in [0.2, 0.25) is 0 Å². The standard InChI is InChI=1S/C14H9ClF3NO2/c15-13(20)10-11(19-21-12(10)7-5-6-7)8-3-1-2-4-9(8)14(16,17)18/h1-4,7H,5-6H2/i4D. The average molecular weight is 317 g/mol. The van der Waals surface area contributed by atoms with Crippen LogP contribution in [0, 0.1) is 0 Å². The van der Waals surface area contributed by atoms with Crippen LogP contribution in [0.4, 0.5) is 13.2 Å². The molecule has 1 aliphatic carbocycles. The van der Waals surface area contributed by atoms with Crippen molar-refractivity contribution in [2.45, 2.75) is 24.9 Å². The van der Waals surface area contributed by atoms with Crippen molar-refractivity contribution in [3.8, 4) is 11.3 Å². The maximum absolute atomic E-state index is 13.2. The highest BCUT2D eigenvalue weighted by atomic mass is 35.5. The lowest BCUT2D eigenvalue weighted by atomic mass is 10.00. The van der Waals surface area contributed by atoms with Gasteiger partial charge in [-0.05, 0) is 30.5 Å². The van der Waals surface area contributed by atoms with E-state index >= 15 is 0 Å². The number of benzene rings is 1. The Hall–Kier alpha value is -1.82. The number of carbonyl (C=O) groups is 1. The maximum atomic E-state index is 13.2. The second kappa shape index (κ2) is 4.87. The molecule has 3 rings (SSSR count). The highest BCUT2D eigenvalue weighted by molar-refractivity contribution is 6.68. The van der Waals surface area contributed by atoms with E-state index in [0.29, 0.717) is 0 Å². The quantitative estimate of drug-likeness (QED) is 0.776. The van der Waals surface area contributed by atoms with E-state index in [1.807, 2.05) is 0 Å². The van der Waals surface area contributed by atoms with E-state index in [0.717, 1.165) is 25.0 Å². The summed E-state index contributed by atoms with van der Waals surface area (Å²) in [5.74, 6) is 0.186. The molecule has 0 saturated heterocycles. The Morgan fingerprint density at radius 3 is 2.71 bits per heavy atom. The summed E-state index contributed by atoms with van der Waals surface area (Å²) in [6.07, 6.45) is -3.20. The SMILES string of the molecule is [2H]c1cccc(-c2noc(C3CC3)c2C(=O)Cl)c1C(F)(F)F. The topological polar surface area (TPSA) is 43.1 Å². The molecule has 1 aromatic carbocycles. The van der Waals surface area contributed by atoms with Gasteiger partial charge >= 0.3 is 6.18 Å². The average Bonchev–Trinajstić information content (AvgIpc) is 3.15. The first-order valence-electron chi connectivity index (χ1n) is 6.67. The number of carbonyl (C=O) groups excluding carboxylic acids is 1. The Balaban J connectivity index is 2.25. The largest absolute Gasteiger partial charge is 0.417 e. The lowest BCUT2D eigenvalue weighted by molar-refractivity contribution is -0.137. The molecular weight excluding hydrogens is 307 g/mol. The molecule has 0 unspecified atom stereocenters. The van der Waals surface area contributed by atoms with Crippen molar-refractivity contribution in [1.29, 1.82) is 0 Å². The molecular formula is C14H9ClF3NO2. The molecule has 3 nitrogen and oxygen atoms in total. The number of hydrogen-bond donors (Lipinski definition) is 0. The van der Waals surface area contributed by atoms with Crippen LogP contribution in [0.3, 0.4) is 0 Å². The van der Waals surface area contributed by atoms with Gasteiger partial charge in [0.15, 0.2) is 5.76 Å². The first-order valence-corrected chi connectivity index (χ1v) is 6.55. The van der Waals surface area contributed by atoms with Crippen LogP contribution >= 0.6 is 11.6 Å². The first-order chi connectivity index (χ1) is 10.3. The fourth-order valence-corrected chi connectivity index (χ4v) is 2.35. The van der Waals surface area contributed by atoms with E-state index in [9.17, 15) is 18.0 Å². The molecule has 0 spiro atoms. The van der Waals surface area contributed by atoms with Crippen LogP contribution in [0.15, 0.2) is 28.8 Å². The van der Waals surface area contributed by atoms with Gasteiger partial charge in [-0.3, -0.25) is 4.79 Å². The molecule has 0 N–H and O–H groups in total. The zero-order chi connectivity index (χ0) is 16.1. The lowest BCUT2D eigenvalue weighted by Gasteiger charge is -2.11. The van der Waals surface area contributed by atoms with E-state index in [-0.39, 0.29) is 28.5 Å². The Morgan fingerprint density at radius 1 is 1.43 bits per heavy atom. The summed E-state index contributed by atoms with van der Waals surface area (Å²) in [5, 5.41) is 2.71. The van der Waals surface area contributed by atoms with Crippen molar-refractivity contribution in [3.05, 3.63) is 41.1 Å². The molecule has 21 heavy (non-hydrogen) atoms. The van der Waals surface area contributed by atoms with Gasteiger partial charge in [0, 0.05) is 11.5 Å². The molecule has 0 aliphatic heterocycles. The van der Waals surface area contributed by atoms with Gasteiger partial charge in [-0.15, -0.1) is 0 Å². The van der Waals surface area contributed by atoms with E-state index in [1.54, 1.807) is 0 Å². The molecule has 1 saturated carbocycles. The molecule has 0 atom stereocenters. The zero-order valence-electron chi connectivity index (χ0n) is 11.5. The fourth-order valence-electron chi connectivity index (χ4n) is 2.17. The second-order valence-electron chi connectivity index (χ2n) is 4.77. The van der Waals surface area contributed by atoms with Crippen molar-refractivity contribution in [3.63, 3.8) is 0 Å². The van der Waals surface area contributed by atoms with Crippen LogP contribution in [0.25, 0.3) is 11.3 Å². The number of rotatable bonds is 3. The summed E-state index contributed by atoms with van der Waals surface area (Å²) >= 11 is 5.52. The molecule has 1 fully saturated rings. The second-order valence-corrected chi connectivity index (χ2v) is 5.12. The molecule has 0 amide bonds. The molecule has 1 aliphatic rings. The summed E-state index contributed by atoms with van der Waals surface area (Å²) in [7, 11) is 0. The van der Waals surface area contributed by atoms with Gasteiger partial charge in [-0.2, -0.15) is 13.2 Å². The van der Waals surface area contributed by atoms with Crippen LogP contribution in [-0.4, -0.2) is 10.4 Å². The van der Waals surface area contributed by atoms with Gasteiger partial charge in [-0.25, -0.2) is 0 Å². The molecule has 110 valence electrons. The number of aromatic nitrogens is 1. The van der Waals surface area contributed by atoms with Crippen molar-refractivity contribution >= 4 is 16.8 Å². The third-order valence-corrected chi connectivity index (χ3v) is 3.45. The van der Waals surface area contributed by atoms with Gasteiger partial charge in [0.1, 0.15) is 11.3 Å². The van der Waals surface area contributed by atoms with Crippen LogP contribution in [0.2, 0.25) is 0 Å². The predicted octanol–water partition coefficient (Wildman–Crippen LogP) is 4.62. The highest BCUT2D eigenvalue weighted by Gasteiger charge is 2.38. The minimum Gasteiger partial charge on any atom is -0.360 e. The minimum absolute atomic E-state index is 0.0347. The smallest absolute Gasteiger partial charge is 0.360 e. The van der Waals surface area contributed by atoms with Crippen molar-refractivity contribution in [2.75, 3.05) is 0 Å². The molecule has 7 heteroatoms. The Kier molecular flexibility index (Phi) is 2.99. The van der Waals surface area contributed by atoms with E-state index in [2.05, 4.69) is 5.16 Å². The Labute approximate surface area is 124 Å². The van der Waals surface area contributed by atoms with E-state index in [1.165, 1.54) is 6.07 Å². The zero-order valence-corrected chi connectivity index (χ0v) is 11.3. The Morgan fingerprint density at radius 2 is 2.14 bits per heavy atom. The predicted molar refractivity (Wildman–Crippen MR) is 69.1 cm³/mol. The third-order valence-electron chi connectivity index (χ3n) is 3.26. The van der Waals surface area contributed by atoms with Gasteiger partial charge in [-0.1, -0.05) is 23.4 Å². The molecule has 0 bridgehead atoms. The highest BCUT2D eigenvalue weighted by Crippen LogP contribution is 2.45. The normalized spacial score (nSPS) is 15.9. The monoisotopic (exact) mass is 316 g/mol. The van der Waals surface area contributed by atoms with Crippen LogP contribution in [0.1, 0.15) is 41.8 Å². The van der Waals surface area contributed by atoms with E-state index in [4.69, 9.17) is 17.5 Å². The maximum Gasteiger partial charge on any atom is 0.417 e. The summed E-state index contributed by atoms with van der Waals surface area (Å²) in [4.78, 5) is 11.6. The van der Waals surface area contributed by atoms with Crippen LogP contribution < -0.4 is 0 Å². The summed E-state index contributed by atoms with van der Waals surface area (Å²) in [6, 6.07) is 2.77. The fraction of sp³-hybridized carbons (Fsp3) is 0.286. The van der Waals surface area contributed by atoms with Gasteiger partial charge in [0.05, 0.1) is 6.93 Å². The van der Waals surface area contributed by atoms with E-state index < -0.39 is 23.0 Å². The minimum atomic E-state index is -4.75. The number of halogens is 4. The number of hydrogen-bond acceptors (Lipinski definition) is 3. The lowest BCUT2D eigenvalue weighted by Crippen LogP contribution is -2.08. The van der Waals surface area contributed by atoms with Gasteiger partial charge < -0.3 is 4.52 Å². The summed E-state index contributed by atoms with van der Waals surface area (Å²) in [5.41, 5.74) is -1.94. The number of nitrogens with zero attached hydrogens (tertiary/aromatic N) is 1. The molecule has 1 heterocycles. The van der Waals surface area contributed by atoms with Crippen LogP contribution in [-0.2, 0) is 6.18 Å². The van der Waals surface area contributed by atoms with Gasteiger partial charge in [0.25, 0.3) is 5.24 Å². The van der Waals surface area contributed by atoms with Crippen molar-refractivity contribution in [1.82, 2.24) is 5.16 Å². The third kappa shape index (κ3) is 2.55. The van der Waals surface area contributed by atoms with Crippen molar-refractivity contribution in [2.24, 2.45) is 0 Å². The Bertz CT molecular complexity index is 753. The van der Waals surface area contributed by atoms with Crippen LogP contribution in [0.5, 0.6) is 0 Å². The molecule has 2 aromatic rings. The summed E-state index contributed by atoms with van der Waals surface area (Å²) in [6.45, 7) is 0.